The molecule has 1 fully saturated rings. The fraction of sp³-hybridized carbons (Fsp3) is 0.800. The van der Waals surface area contributed by atoms with Crippen molar-refractivity contribution < 1.29 is 4.79 Å². The molecule has 0 aromatic heterocycles. The lowest BCUT2D eigenvalue weighted by Crippen LogP contribution is -2.52. The van der Waals surface area contributed by atoms with Crippen LogP contribution in [0.4, 0.5) is 0 Å². The summed E-state index contributed by atoms with van der Waals surface area (Å²) in [4.78, 5) is 11.6. The van der Waals surface area contributed by atoms with Crippen LogP contribution >= 0.6 is 0 Å². The van der Waals surface area contributed by atoms with E-state index in [1.165, 1.54) is 0 Å². The Hall–Kier alpha value is -0.990. The number of amides is 1. The molecule has 3 heteroatoms. The third kappa shape index (κ3) is 5.56. The largest absolute Gasteiger partial charge is 0.386 e. The van der Waals surface area contributed by atoms with Gasteiger partial charge in [0, 0.05) is 24.2 Å². The molecule has 0 heterocycles. The molecule has 18 heavy (non-hydrogen) atoms. The van der Waals surface area contributed by atoms with E-state index >= 15 is 0 Å². The van der Waals surface area contributed by atoms with Crippen molar-refractivity contribution in [2.45, 2.75) is 65.5 Å². The van der Waals surface area contributed by atoms with Gasteiger partial charge in [-0.25, -0.2) is 0 Å². The first-order valence-electron chi connectivity index (χ1n) is 7.10. The van der Waals surface area contributed by atoms with E-state index in [1.54, 1.807) is 0 Å². The predicted molar refractivity (Wildman–Crippen MR) is 76.1 cm³/mol. The molecule has 0 atom stereocenters. The first kappa shape index (κ1) is 15.1. The van der Waals surface area contributed by atoms with Crippen LogP contribution in [0.15, 0.2) is 12.3 Å². The van der Waals surface area contributed by atoms with Gasteiger partial charge in [-0.2, -0.15) is 0 Å². The molecular weight excluding hydrogens is 224 g/mol. The lowest BCUT2D eigenvalue weighted by atomic mass is 9.86. The molecule has 0 unspecified atom stereocenters. The number of carbonyl (C=O) groups is 1. The third-order valence-electron chi connectivity index (χ3n) is 3.16. The Morgan fingerprint density at radius 2 is 1.56 bits per heavy atom. The van der Waals surface area contributed by atoms with E-state index in [0.29, 0.717) is 30.3 Å². The van der Waals surface area contributed by atoms with Crippen LogP contribution in [0.3, 0.4) is 0 Å². The molecule has 1 saturated carbocycles. The van der Waals surface area contributed by atoms with Crippen LogP contribution < -0.4 is 10.6 Å². The van der Waals surface area contributed by atoms with Crippen molar-refractivity contribution in [2.24, 2.45) is 11.8 Å². The summed E-state index contributed by atoms with van der Waals surface area (Å²) >= 11 is 0. The molecule has 104 valence electrons. The van der Waals surface area contributed by atoms with Crippen LogP contribution in [-0.4, -0.2) is 18.0 Å². The second-order valence-corrected chi connectivity index (χ2v) is 6.38. The molecule has 1 rings (SSSR count). The molecule has 0 aromatic rings. The van der Waals surface area contributed by atoms with Crippen molar-refractivity contribution in [3.05, 3.63) is 12.3 Å². The summed E-state index contributed by atoms with van der Waals surface area (Å²) in [5.41, 5.74) is 1.13. The Balaban J connectivity index is 2.12. The molecule has 0 bridgehead atoms. The summed E-state index contributed by atoms with van der Waals surface area (Å²) in [6.07, 6.45) is 3.72. The van der Waals surface area contributed by atoms with Crippen LogP contribution in [0.5, 0.6) is 0 Å². The van der Waals surface area contributed by atoms with E-state index in [9.17, 15) is 4.79 Å². The first-order chi connectivity index (χ1) is 8.36. The highest BCUT2D eigenvalue weighted by Gasteiger charge is 2.30. The summed E-state index contributed by atoms with van der Waals surface area (Å²) < 4.78 is 0. The van der Waals surface area contributed by atoms with Gasteiger partial charge in [0.15, 0.2) is 0 Å². The Morgan fingerprint density at radius 3 is 2.06 bits per heavy atom. The number of nitrogens with one attached hydrogen (secondary N) is 2. The van der Waals surface area contributed by atoms with Crippen LogP contribution in [-0.2, 0) is 4.79 Å². The van der Waals surface area contributed by atoms with Crippen molar-refractivity contribution in [3.8, 4) is 0 Å². The molecule has 1 amide bonds. The van der Waals surface area contributed by atoms with Gasteiger partial charge in [0.2, 0.25) is 5.91 Å². The van der Waals surface area contributed by atoms with Crippen LogP contribution in [0.2, 0.25) is 0 Å². The van der Waals surface area contributed by atoms with Crippen molar-refractivity contribution in [1.82, 2.24) is 10.6 Å². The van der Waals surface area contributed by atoms with E-state index in [4.69, 9.17) is 0 Å². The van der Waals surface area contributed by atoms with Gasteiger partial charge < -0.3 is 10.6 Å². The highest BCUT2D eigenvalue weighted by Crippen LogP contribution is 2.22. The quantitative estimate of drug-likeness (QED) is 0.731. The average Bonchev–Trinajstić information content (AvgIpc) is 2.11. The number of allylic oxidation sites excluding steroid dienone is 1. The normalized spacial score (nSPS) is 22.8. The lowest BCUT2D eigenvalue weighted by molar-refractivity contribution is -0.123. The topological polar surface area (TPSA) is 41.1 Å². The second kappa shape index (κ2) is 6.81. The maximum absolute atomic E-state index is 11.6. The minimum atomic E-state index is 0.189. The number of rotatable bonds is 7. The maximum atomic E-state index is 11.6. The zero-order chi connectivity index (χ0) is 13.7. The van der Waals surface area contributed by atoms with E-state index < -0.39 is 0 Å². The zero-order valence-electron chi connectivity index (χ0n) is 12.3. The first-order valence-corrected chi connectivity index (χ1v) is 7.10. The molecular formula is C15H28N2O. The predicted octanol–water partition coefficient (Wildman–Crippen LogP) is 2.83. The Bertz CT molecular complexity index is 263. The monoisotopic (exact) mass is 252 g/mol. The van der Waals surface area contributed by atoms with E-state index in [-0.39, 0.29) is 5.91 Å². The number of hydrogen-bond donors (Lipinski definition) is 2. The van der Waals surface area contributed by atoms with E-state index in [1.807, 2.05) is 0 Å². The maximum Gasteiger partial charge on any atom is 0.220 e. The van der Waals surface area contributed by atoms with Gasteiger partial charge in [0.25, 0.3) is 0 Å². The minimum Gasteiger partial charge on any atom is -0.386 e. The Morgan fingerprint density at radius 1 is 1.06 bits per heavy atom. The Kier molecular flexibility index (Phi) is 5.70. The third-order valence-corrected chi connectivity index (χ3v) is 3.16. The van der Waals surface area contributed by atoms with Crippen molar-refractivity contribution in [1.29, 1.82) is 0 Å². The fourth-order valence-corrected chi connectivity index (χ4v) is 2.35. The summed E-state index contributed by atoms with van der Waals surface area (Å²) in [5, 5.41) is 6.53. The number of carbonyl (C=O) groups excluding carboxylic acids is 1. The van der Waals surface area contributed by atoms with Gasteiger partial charge in [0.1, 0.15) is 0 Å². The molecule has 1 aliphatic rings. The van der Waals surface area contributed by atoms with Gasteiger partial charge in [-0.15, -0.1) is 0 Å². The van der Waals surface area contributed by atoms with Gasteiger partial charge in [-0.05, 0) is 31.1 Å². The molecule has 1 aliphatic carbocycles. The van der Waals surface area contributed by atoms with E-state index in [2.05, 4.69) is 44.9 Å². The summed E-state index contributed by atoms with van der Waals surface area (Å²) in [6.45, 7) is 12.6. The minimum absolute atomic E-state index is 0.189. The van der Waals surface area contributed by atoms with Gasteiger partial charge in [0.05, 0.1) is 0 Å². The second-order valence-electron chi connectivity index (χ2n) is 6.38. The molecule has 0 aliphatic heterocycles. The summed E-state index contributed by atoms with van der Waals surface area (Å²) in [5.74, 6) is 1.27. The molecule has 3 nitrogen and oxygen atoms in total. The van der Waals surface area contributed by atoms with Crippen LogP contribution in [0.25, 0.3) is 0 Å². The van der Waals surface area contributed by atoms with Crippen molar-refractivity contribution in [3.63, 3.8) is 0 Å². The lowest BCUT2D eigenvalue weighted by Gasteiger charge is -2.37. The van der Waals surface area contributed by atoms with Gasteiger partial charge in [-0.1, -0.05) is 34.3 Å². The molecule has 0 saturated heterocycles. The van der Waals surface area contributed by atoms with Gasteiger partial charge in [-0.3, -0.25) is 4.79 Å². The standard InChI is InChI=1S/C15H28N2O/c1-10(2)6-12(5)16-13-8-14(9-13)17-15(18)7-11(3)4/h10-11,13-14,16H,5-9H2,1-4H3,(H,17,18). The fourth-order valence-electron chi connectivity index (χ4n) is 2.35. The molecule has 0 aromatic carbocycles. The zero-order valence-corrected chi connectivity index (χ0v) is 12.3. The highest BCUT2D eigenvalue weighted by molar-refractivity contribution is 5.76. The van der Waals surface area contributed by atoms with Crippen LogP contribution in [0, 0.1) is 11.8 Å². The molecule has 2 N–H and O–H groups in total. The summed E-state index contributed by atoms with van der Waals surface area (Å²) in [6, 6.07) is 0.862. The SMILES string of the molecule is C=C(CC(C)C)NC1CC(NC(=O)CC(C)C)C1. The highest BCUT2D eigenvalue weighted by atomic mass is 16.1. The van der Waals surface area contributed by atoms with Gasteiger partial charge >= 0.3 is 0 Å². The molecule has 0 spiro atoms. The van der Waals surface area contributed by atoms with E-state index in [0.717, 1.165) is 25.0 Å². The van der Waals surface area contributed by atoms with Crippen molar-refractivity contribution >= 4 is 5.91 Å². The average molecular weight is 252 g/mol. The van der Waals surface area contributed by atoms with Crippen molar-refractivity contribution in [2.75, 3.05) is 0 Å². The number of hydrogen-bond acceptors (Lipinski definition) is 2. The molecule has 0 radical (unpaired) electrons. The Labute approximate surface area is 111 Å². The summed E-state index contributed by atoms with van der Waals surface area (Å²) in [7, 11) is 0. The smallest absolute Gasteiger partial charge is 0.220 e. The van der Waals surface area contributed by atoms with Crippen LogP contribution in [0.1, 0.15) is 53.4 Å².